The zero-order valence-corrected chi connectivity index (χ0v) is 12.4. The van der Waals surface area contributed by atoms with Crippen LogP contribution in [0.15, 0.2) is 48.8 Å². The monoisotopic (exact) mass is 269 g/mol. The fourth-order valence-electron chi connectivity index (χ4n) is 2.41. The first-order valence-corrected chi connectivity index (χ1v) is 7.45. The van der Waals surface area contributed by atoms with Crippen LogP contribution < -0.4 is 0 Å². The van der Waals surface area contributed by atoms with Gasteiger partial charge in [0.05, 0.1) is 0 Å². The summed E-state index contributed by atoms with van der Waals surface area (Å²) in [6.45, 7) is 4.17. The van der Waals surface area contributed by atoms with Crippen LogP contribution in [-0.4, -0.2) is 10.4 Å². The number of para-hydroxylation sites is 1. The Morgan fingerprint density at radius 2 is 1.95 bits per heavy atom. The maximum Gasteiger partial charge on any atom is 0.132 e. The Morgan fingerprint density at radius 1 is 1.20 bits per heavy atom. The van der Waals surface area contributed by atoms with Crippen molar-refractivity contribution >= 4 is 5.78 Å². The molecule has 0 N–H and O–H groups in total. The highest BCUT2D eigenvalue weighted by atomic mass is 16.1. The second kappa shape index (κ2) is 7.09. The van der Waals surface area contributed by atoms with E-state index in [1.54, 1.807) is 0 Å². The van der Waals surface area contributed by atoms with E-state index in [1.807, 2.05) is 13.0 Å². The molecule has 0 bridgehead atoms. The molecule has 0 fully saturated rings. The molecular weight excluding hydrogens is 246 g/mol. The second-order valence-corrected chi connectivity index (χ2v) is 5.37. The van der Waals surface area contributed by atoms with Crippen LogP contribution in [0.25, 0.3) is 5.69 Å². The van der Waals surface area contributed by atoms with Crippen LogP contribution in [0.3, 0.4) is 0 Å². The average molecular weight is 269 g/mol. The van der Waals surface area contributed by atoms with Crippen molar-refractivity contribution in [1.82, 2.24) is 4.57 Å². The number of rotatable bonds is 7. The molecule has 1 aromatic heterocycles. The van der Waals surface area contributed by atoms with Gasteiger partial charge in [-0.3, -0.25) is 4.79 Å². The molecule has 2 rings (SSSR count). The SMILES string of the molecule is CCC(=O)CCCC(C)c1ccn(-c2ccccc2)c1. The number of benzene rings is 1. The summed E-state index contributed by atoms with van der Waals surface area (Å²) >= 11 is 0. The first-order valence-electron chi connectivity index (χ1n) is 7.45. The maximum atomic E-state index is 11.3. The van der Waals surface area contributed by atoms with Gasteiger partial charge in [-0.2, -0.15) is 0 Å². The van der Waals surface area contributed by atoms with Gasteiger partial charge in [0.1, 0.15) is 5.78 Å². The van der Waals surface area contributed by atoms with Gasteiger partial charge >= 0.3 is 0 Å². The van der Waals surface area contributed by atoms with Crippen LogP contribution in [0, 0.1) is 0 Å². The Bertz CT molecular complexity index is 542. The largest absolute Gasteiger partial charge is 0.324 e. The molecule has 0 spiro atoms. The van der Waals surface area contributed by atoms with E-state index in [0.717, 1.165) is 19.3 Å². The molecule has 1 aromatic carbocycles. The molecule has 1 unspecified atom stereocenters. The Labute approximate surface area is 121 Å². The van der Waals surface area contributed by atoms with Crippen molar-refractivity contribution < 1.29 is 4.79 Å². The molecule has 0 aliphatic carbocycles. The Balaban J connectivity index is 1.93. The fourth-order valence-corrected chi connectivity index (χ4v) is 2.41. The summed E-state index contributed by atoms with van der Waals surface area (Å²) in [5, 5.41) is 0. The summed E-state index contributed by atoms with van der Waals surface area (Å²) in [5.74, 6) is 0.878. The van der Waals surface area contributed by atoms with Crippen LogP contribution in [0.1, 0.15) is 51.0 Å². The van der Waals surface area contributed by atoms with Gasteiger partial charge in [-0.15, -0.1) is 0 Å². The number of ketones is 1. The minimum absolute atomic E-state index is 0.374. The van der Waals surface area contributed by atoms with E-state index in [9.17, 15) is 4.79 Å². The fraction of sp³-hybridized carbons (Fsp3) is 0.389. The predicted octanol–water partition coefficient (Wildman–Crippen LogP) is 4.73. The summed E-state index contributed by atoms with van der Waals surface area (Å²) in [5.41, 5.74) is 2.53. The summed E-state index contributed by atoms with van der Waals surface area (Å²) in [4.78, 5) is 11.3. The van der Waals surface area contributed by atoms with E-state index in [1.165, 1.54) is 11.3 Å². The lowest BCUT2D eigenvalue weighted by Crippen LogP contribution is -1.98. The number of hydrogen-bond acceptors (Lipinski definition) is 1. The van der Waals surface area contributed by atoms with Crippen molar-refractivity contribution in [2.45, 2.75) is 45.4 Å². The molecule has 20 heavy (non-hydrogen) atoms. The van der Waals surface area contributed by atoms with Gasteiger partial charge in [0, 0.05) is 30.9 Å². The molecular formula is C18H23NO. The molecule has 0 aliphatic rings. The smallest absolute Gasteiger partial charge is 0.132 e. The Kier molecular flexibility index (Phi) is 5.16. The summed E-state index contributed by atoms with van der Waals surface area (Å²) in [7, 11) is 0. The van der Waals surface area contributed by atoms with Crippen molar-refractivity contribution in [1.29, 1.82) is 0 Å². The Morgan fingerprint density at radius 3 is 2.65 bits per heavy atom. The highest BCUT2D eigenvalue weighted by Crippen LogP contribution is 2.23. The zero-order valence-electron chi connectivity index (χ0n) is 12.4. The molecule has 2 aromatic rings. The molecule has 0 aliphatic heterocycles. The van der Waals surface area contributed by atoms with Gasteiger partial charge < -0.3 is 4.57 Å². The van der Waals surface area contributed by atoms with E-state index < -0.39 is 0 Å². The number of Topliss-reactive ketones (excluding diaryl/α,β-unsaturated/α-hetero) is 1. The van der Waals surface area contributed by atoms with E-state index in [0.29, 0.717) is 18.1 Å². The van der Waals surface area contributed by atoms with E-state index in [4.69, 9.17) is 0 Å². The number of carbonyl (C=O) groups is 1. The minimum atomic E-state index is 0.374. The van der Waals surface area contributed by atoms with Crippen molar-refractivity contribution in [3.05, 3.63) is 54.4 Å². The highest BCUT2D eigenvalue weighted by molar-refractivity contribution is 5.77. The van der Waals surface area contributed by atoms with E-state index in [2.05, 4.69) is 54.2 Å². The van der Waals surface area contributed by atoms with Crippen LogP contribution in [-0.2, 0) is 4.79 Å². The Hall–Kier alpha value is -1.83. The van der Waals surface area contributed by atoms with Gasteiger partial charge in [-0.05, 0) is 42.5 Å². The molecule has 1 heterocycles. The lowest BCUT2D eigenvalue weighted by molar-refractivity contribution is -0.118. The third-order valence-electron chi connectivity index (χ3n) is 3.83. The molecule has 0 radical (unpaired) electrons. The van der Waals surface area contributed by atoms with Crippen molar-refractivity contribution in [3.63, 3.8) is 0 Å². The molecule has 2 nitrogen and oxygen atoms in total. The second-order valence-electron chi connectivity index (χ2n) is 5.37. The zero-order chi connectivity index (χ0) is 14.4. The topological polar surface area (TPSA) is 22.0 Å². The van der Waals surface area contributed by atoms with Gasteiger partial charge in [0.2, 0.25) is 0 Å². The minimum Gasteiger partial charge on any atom is -0.324 e. The lowest BCUT2D eigenvalue weighted by Gasteiger charge is -2.09. The van der Waals surface area contributed by atoms with Crippen molar-refractivity contribution in [2.75, 3.05) is 0 Å². The van der Waals surface area contributed by atoms with Gasteiger partial charge in [0.25, 0.3) is 0 Å². The maximum absolute atomic E-state index is 11.3. The average Bonchev–Trinajstić information content (AvgIpc) is 2.97. The molecule has 2 heteroatoms. The van der Waals surface area contributed by atoms with Gasteiger partial charge in [-0.25, -0.2) is 0 Å². The van der Waals surface area contributed by atoms with Crippen LogP contribution in [0.5, 0.6) is 0 Å². The summed E-state index contributed by atoms with van der Waals surface area (Å²) < 4.78 is 2.16. The van der Waals surface area contributed by atoms with Gasteiger partial charge in [-0.1, -0.05) is 32.0 Å². The molecule has 0 amide bonds. The highest BCUT2D eigenvalue weighted by Gasteiger charge is 2.08. The van der Waals surface area contributed by atoms with Crippen LogP contribution in [0.4, 0.5) is 0 Å². The van der Waals surface area contributed by atoms with Gasteiger partial charge in [0.15, 0.2) is 0 Å². The summed E-state index contributed by atoms with van der Waals surface area (Å²) in [6, 6.07) is 12.5. The standard InChI is InChI=1S/C18H23NO/c1-3-18(20)11-7-8-15(2)16-12-13-19(14-16)17-9-5-4-6-10-17/h4-6,9-10,12-15H,3,7-8,11H2,1-2H3. The molecule has 0 saturated heterocycles. The first kappa shape index (κ1) is 14.6. The molecule has 106 valence electrons. The predicted molar refractivity (Wildman–Crippen MR) is 83.3 cm³/mol. The quantitative estimate of drug-likeness (QED) is 0.712. The lowest BCUT2D eigenvalue weighted by atomic mass is 9.97. The number of hydrogen-bond donors (Lipinski definition) is 0. The third-order valence-corrected chi connectivity index (χ3v) is 3.83. The molecule has 1 atom stereocenters. The summed E-state index contributed by atoms with van der Waals surface area (Å²) in [6.07, 6.45) is 7.76. The van der Waals surface area contributed by atoms with E-state index in [-0.39, 0.29) is 0 Å². The van der Waals surface area contributed by atoms with Crippen molar-refractivity contribution in [2.24, 2.45) is 0 Å². The number of aromatic nitrogens is 1. The van der Waals surface area contributed by atoms with Crippen molar-refractivity contribution in [3.8, 4) is 5.69 Å². The third kappa shape index (κ3) is 3.83. The number of nitrogens with zero attached hydrogens (tertiary/aromatic N) is 1. The van der Waals surface area contributed by atoms with E-state index >= 15 is 0 Å². The van der Waals surface area contributed by atoms with Crippen LogP contribution in [0.2, 0.25) is 0 Å². The normalized spacial score (nSPS) is 12.3. The number of carbonyl (C=O) groups excluding carboxylic acids is 1. The molecule has 0 saturated carbocycles. The van der Waals surface area contributed by atoms with Crippen LogP contribution >= 0.6 is 0 Å². The first-order chi connectivity index (χ1) is 9.70.